The number of carbonyl (C=O) groups excluding carboxylic acids is 2. The van der Waals surface area contributed by atoms with Crippen LogP contribution in [-0.2, 0) is 16.0 Å². The lowest BCUT2D eigenvalue weighted by Crippen LogP contribution is -2.39. The zero-order valence-electron chi connectivity index (χ0n) is 19.0. The Bertz CT molecular complexity index is 1320. The van der Waals surface area contributed by atoms with E-state index in [1.165, 1.54) is 12.3 Å². The van der Waals surface area contributed by atoms with Gasteiger partial charge in [0.25, 0.3) is 5.91 Å². The first kappa shape index (κ1) is 25.3. The molecule has 0 unspecified atom stereocenters. The molecule has 0 saturated carbocycles. The molecule has 1 aliphatic heterocycles. The van der Waals surface area contributed by atoms with Crippen molar-refractivity contribution in [2.24, 2.45) is 0 Å². The van der Waals surface area contributed by atoms with Crippen LogP contribution in [0.5, 0.6) is 11.6 Å². The number of pyridine rings is 1. The maximum atomic E-state index is 13.5. The fourth-order valence-electron chi connectivity index (χ4n) is 3.73. The number of aromatic nitrogens is 1. The Morgan fingerprint density at radius 1 is 1.11 bits per heavy atom. The van der Waals surface area contributed by atoms with E-state index in [0.29, 0.717) is 23.7 Å². The van der Waals surface area contributed by atoms with Crippen LogP contribution in [0.25, 0.3) is 0 Å². The number of hydrogen-bond donors (Lipinski definition) is 3. The molecule has 0 aliphatic carbocycles. The Hall–Kier alpha value is -3.82. The summed E-state index contributed by atoms with van der Waals surface area (Å²) < 4.78 is 5.93. The summed E-state index contributed by atoms with van der Waals surface area (Å²) in [7, 11) is 0. The fourth-order valence-corrected chi connectivity index (χ4v) is 4.20. The van der Waals surface area contributed by atoms with E-state index in [1.807, 2.05) is 24.3 Å². The third kappa shape index (κ3) is 5.87. The van der Waals surface area contributed by atoms with Gasteiger partial charge in [0, 0.05) is 36.8 Å². The highest BCUT2D eigenvalue weighted by molar-refractivity contribution is 6.34. The molecule has 1 aliphatic rings. The van der Waals surface area contributed by atoms with Crippen molar-refractivity contribution in [3.63, 3.8) is 0 Å². The number of amides is 2. The number of anilines is 2. The van der Waals surface area contributed by atoms with Gasteiger partial charge in [-0.15, -0.1) is 0 Å². The summed E-state index contributed by atoms with van der Waals surface area (Å²) in [6.07, 6.45) is 1.80. The number of rotatable bonds is 8. The number of carbonyl (C=O) groups is 3. The molecule has 11 heteroatoms. The number of halogens is 2. The maximum Gasteiger partial charge on any atom is 0.322 e. The molecule has 0 bridgehead atoms. The van der Waals surface area contributed by atoms with Crippen molar-refractivity contribution in [1.82, 2.24) is 10.3 Å². The second-order valence-corrected chi connectivity index (χ2v) is 8.72. The zero-order chi connectivity index (χ0) is 25.7. The molecule has 0 saturated heterocycles. The van der Waals surface area contributed by atoms with Crippen LogP contribution in [0.15, 0.2) is 54.7 Å². The lowest BCUT2D eigenvalue weighted by atomic mass is 10.1. The van der Waals surface area contributed by atoms with E-state index in [-0.39, 0.29) is 41.0 Å². The van der Waals surface area contributed by atoms with Crippen molar-refractivity contribution in [2.45, 2.75) is 12.8 Å². The summed E-state index contributed by atoms with van der Waals surface area (Å²) in [4.78, 5) is 41.8. The van der Waals surface area contributed by atoms with Gasteiger partial charge >= 0.3 is 5.97 Å². The first-order chi connectivity index (χ1) is 17.3. The molecule has 0 atom stereocenters. The Kier molecular flexibility index (Phi) is 7.92. The van der Waals surface area contributed by atoms with E-state index in [4.69, 9.17) is 33.0 Å². The monoisotopic (exact) mass is 528 g/mol. The molecule has 1 aromatic heterocycles. The molecule has 2 aromatic carbocycles. The lowest BCUT2D eigenvalue weighted by molar-refractivity contribution is -0.137. The van der Waals surface area contributed by atoms with Gasteiger partial charge in [0.1, 0.15) is 17.9 Å². The fraction of sp³-hybridized carbons (Fsp3) is 0.200. The number of fused-ring (bicyclic) bond motifs is 1. The standard InChI is InChI=1S/C25H22Cl2N4O5/c26-17-13-21(18(27)12-15(17)7-8-22(32)30-14-23(33)34)36-24-16(4-3-9-29-24)25(35)31-11-10-28-19-5-1-2-6-20(19)31/h1-6,9,12-13,28H,7-8,10-11,14H2,(H,30,32)(H,33,34). The Labute approximate surface area is 217 Å². The van der Waals surface area contributed by atoms with Crippen molar-refractivity contribution in [2.75, 3.05) is 29.9 Å². The molecule has 3 aromatic rings. The van der Waals surface area contributed by atoms with E-state index in [1.54, 1.807) is 23.1 Å². The quantitative estimate of drug-likeness (QED) is 0.396. The zero-order valence-corrected chi connectivity index (χ0v) is 20.5. The maximum absolute atomic E-state index is 13.5. The van der Waals surface area contributed by atoms with E-state index in [0.717, 1.165) is 11.4 Å². The lowest BCUT2D eigenvalue weighted by Gasteiger charge is -2.30. The minimum Gasteiger partial charge on any atom is -0.480 e. The van der Waals surface area contributed by atoms with E-state index in [2.05, 4.69) is 15.6 Å². The summed E-state index contributed by atoms with van der Waals surface area (Å²) in [5.41, 5.74) is 2.49. The van der Waals surface area contributed by atoms with Crippen molar-refractivity contribution in [3.8, 4) is 11.6 Å². The number of hydrogen-bond acceptors (Lipinski definition) is 6. The van der Waals surface area contributed by atoms with Crippen LogP contribution in [0.1, 0.15) is 22.3 Å². The number of nitrogens with zero attached hydrogens (tertiary/aromatic N) is 2. The van der Waals surface area contributed by atoms with Crippen molar-refractivity contribution < 1.29 is 24.2 Å². The topological polar surface area (TPSA) is 121 Å². The van der Waals surface area contributed by atoms with Gasteiger partial charge in [-0.05, 0) is 42.3 Å². The Balaban J connectivity index is 1.52. The highest BCUT2D eigenvalue weighted by atomic mass is 35.5. The smallest absolute Gasteiger partial charge is 0.322 e. The molecule has 36 heavy (non-hydrogen) atoms. The largest absolute Gasteiger partial charge is 0.480 e. The number of carboxylic acid groups (broad SMARTS) is 1. The van der Waals surface area contributed by atoms with Gasteiger partial charge in [-0.25, -0.2) is 4.98 Å². The van der Waals surface area contributed by atoms with Crippen LogP contribution >= 0.6 is 23.2 Å². The molecule has 0 radical (unpaired) electrons. The van der Waals surface area contributed by atoms with Gasteiger partial charge in [-0.3, -0.25) is 14.4 Å². The number of nitrogens with one attached hydrogen (secondary N) is 2. The van der Waals surface area contributed by atoms with Gasteiger partial charge in [0.2, 0.25) is 11.8 Å². The van der Waals surface area contributed by atoms with Crippen molar-refractivity contribution >= 4 is 52.4 Å². The molecule has 9 nitrogen and oxygen atoms in total. The number of ether oxygens (including phenoxy) is 1. The molecular formula is C25H22Cl2N4O5. The van der Waals surface area contributed by atoms with E-state index in [9.17, 15) is 14.4 Å². The van der Waals surface area contributed by atoms with E-state index < -0.39 is 18.4 Å². The molecule has 2 amide bonds. The minimum absolute atomic E-state index is 0.0363. The SMILES string of the molecule is O=C(O)CNC(=O)CCc1cc(Cl)c(Oc2ncccc2C(=O)N2CCNc3ccccc32)cc1Cl. The molecule has 3 N–H and O–H groups in total. The number of benzene rings is 2. The summed E-state index contributed by atoms with van der Waals surface area (Å²) in [6, 6.07) is 13.9. The molecule has 0 fully saturated rings. The predicted molar refractivity (Wildman–Crippen MR) is 136 cm³/mol. The Morgan fingerprint density at radius 3 is 2.72 bits per heavy atom. The van der Waals surface area contributed by atoms with Gasteiger partial charge in [-0.1, -0.05) is 35.3 Å². The van der Waals surface area contributed by atoms with Crippen molar-refractivity contribution in [1.29, 1.82) is 0 Å². The van der Waals surface area contributed by atoms with Crippen LogP contribution in [-0.4, -0.2) is 47.5 Å². The second-order valence-electron chi connectivity index (χ2n) is 7.90. The molecule has 186 valence electrons. The molecule has 4 rings (SSSR count). The summed E-state index contributed by atoms with van der Waals surface area (Å²) in [6.45, 7) is 0.632. The first-order valence-corrected chi connectivity index (χ1v) is 11.8. The average molecular weight is 529 g/mol. The normalized spacial score (nSPS) is 12.3. The first-order valence-electron chi connectivity index (χ1n) is 11.1. The van der Waals surface area contributed by atoms with Gasteiger partial charge in [0.15, 0.2) is 0 Å². The number of aryl methyl sites for hydroxylation is 1. The summed E-state index contributed by atoms with van der Waals surface area (Å²) in [5.74, 6) is -1.53. The van der Waals surface area contributed by atoms with Crippen LogP contribution < -0.4 is 20.3 Å². The van der Waals surface area contributed by atoms with Gasteiger partial charge in [0.05, 0.1) is 16.4 Å². The minimum atomic E-state index is -1.13. The number of aliphatic carboxylic acids is 1. The number of carboxylic acids is 1. The third-order valence-electron chi connectivity index (χ3n) is 5.46. The summed E-state index contributed by atoms with van der Waals surface area (Å²) in [5, 5.41) is 14.7. The third-order valence-corrected chi connectivity index (χ3v) is 6.11. The predicted octanol–water partition coefficient (Wildman–Crippen LogP) is 4.39. The highest BCUT2D eigenvalue weighted by Crippen LogP contribution is 2.36. The van der Waals surface area contributed by atoms with Gasteiger partial charge < -0.3 is 25.4 Å². The highest BCUT2D eigenvalue weighted by Gasteiger charge is 2.26. The van der Waals surface area contributed by atoms with Crippen LogP contribution in [0, 0.1) is 0 Å². The second kappa shape index (κ2) is 11.3. The Morgan fingerprint density at radius 2 is 1.92 bits per heavy atom. The molecular weight excluding hydrogens is 507 g/mol. The van der Waals surface area contributed by atoms with E-state index >= 15 is 0 Å². The average Bonchev–Trinajstić information content (AvgIpc) is 2.88. The molecule has 0 spiro atoms. The molecule has 2 heterocycles. The van der Waals surface area contributed by atoms with Gasteiger partial charge in [-0.2, -0.15) is 0 Å². The van der Waals surface area contributed by atoms with Crippen LogP contribution in [0.2, 0.25) is 10.0 Å². The number of para-hydroxylation sites is 2. The van der Waals surface area contributed by atoms with Crippen molar-refractivity contribution in [3.05, 3.63) is 75.9 Å². The van der Waals surface area contributed by atoms with Crippen LogP contribution in [0.3, 0.4) is 0 Å². The summed E-state index contributed by atoms with van der Waals surface area (Å²) >= 11 is 12.8. The van der Waals surface area contributed by atoms with Crippen LogP contribution in [0.4, 0.5) is 11.4 Å².